The van der Waals surface area contributed by atoms with Crippen LogP contribution in [-0.4, -0.2) is 41.0 Å². The highest BCUT2D eigenvalue weighted by atomic mass is 35.5. The smallest absolute Gasteiger partial charge is 0.266 e. The molecule has 0 saturated carbocycles. The zero-order valence-electron chi connectivity index (χ0n) is 16.4. The SMILES string of the molecule is O=C(N1CCc2cc(-c3ccnn3Cc3ccc(Cl)cc3)ccc21)C1(F)CCNC1. The first-order valence-corrected chi connectivity index (χ1v) is 10.5. The maximum atomic E-state index is 15.0. The van der Waals surface area contributed by atoms with Crippen LogP contribution in [0.5, 0.6) is 0 Å². The van der Waals surface area contributed by atoms with E-state index in [-0.39, 0.29) is 13.0 Å². The van der Waals surface area contributed by atoms with Gasteiger partial charge in [-0.3, -0.25) is 9.48 Å². The highest BCUT2D eigenvalue weighted by Gasteiger charge is 2.45. The summed E-state index contributed by atoms with van der Waals surface area (Å²) in [5, 5.41) is 8.14. The second-order valence-corrected chi connectivity index (χ2v) is 8.38. The first-order chi connectivity index (χ1) is 14.5. The average Bonchev–Trinajstić information content (AvgIpc) is 3.49. The van der Waals surface area contributed by atoms with Gasteiger partial charge >= 0.3 is 0 Å². The van der Waals surface area contributed by atoms with Crippen LogP contribution in [-0.2, 0) is 17.8 Å². The standard InChI is InChI=1S/C23H22ClFN4O/c24-19-4-1-16(2-5-19)14-29-21(7-10-27-29)17-3-6-20-18(13-17)8-12-28(20)22(30)23(25)9-11-26-15-23/h1-7,10,13,26H,8-9,11-12,14-15H2. The second kappa shape index (κ2) is 7.52. The van der Waals surface area contributed by atoms with Crippen molar-refractivity contribution < 1.29 is 9.18 Å². The molecule has 1 unspecified atom stereocenters. The Morgan fingerprint density at radius 3 is 2.80 bits per heavy atom. The summed E-state index contributed by atoms with van der Waals surface area (Å²) in [6, 6.07) is 15.7. The van der Waals surface area contributed by atoms with Gasteiger partial charge in [-0.1, -0.05) is 29.8 Å². The molecule has 3 aromatic rings. The van der Waals surface area contributed by atoms with Crippen molar-refractivity contribution in [2.75, 3.05) is 24.5 Å². The van der Waals surface area contributed by atoms with E-state index in [1.54, 1.807) is 11.1 Å². The molecule has 0 aliphatic carbocycles. The molecule has 1 fully saturated rings. The number of carbonyl (C=O) groups excluding carboxylic acids is 1. The molecule has 5 rings (SSSR count). The number of aromatic nitrogens is 2. The summed E-state index contributed by atoms with van der Waals surface area (Å²) in [7, 11) is 0. The Balaban J connectivity index is 1.40. The van der Waals surface area contributed by atoms with Crippen LogP contribution < -0.4 is 10.2 Å². The van der Waals surface area contributed by atoms with Gasteiger partial charge in [0.2, 0.25) is 5.67 Å². The zero-order chi connectivity index (χ0) is 20.7. The molecule has 0 radical (unpaired) electrons. The van der Waals surface area contributed by atoms with Gasteiger partial charge in [0.25, 0.3) is 5.91 Å². The van der Waals surface area contributed by atoms with Crippen molar-refractivity contribution in [2.24, 2.45) is 0 Å². The number of anilines is 1. The number of amides is 1. The molecule has 154 valence electrons. The van der Waals surface area contributed by atoms with Crippen LogP contribution in [0, 0.1) is 0 Å². The lowest BCUT2D eigenvalue weighted by Crippen LogP contribution is -2.47. The van der Waals surface area contributed by atoms with Crippen molar-refractivity contribution in [1.82, 2.24) is 15.1 Å². The number of carbonyl (C=O) groups is 1. The summed E-state index contributed by atoms with van der Waals surface area (Å²) in [6.45, 7) is 1.80. The van der Waals surface area contributed by atoms with Gasteiger partial charge in [-0.15, -0.1) is 0 Å². The molecule has 1 amide bonds. The van der Waals surface area contributed by atoms with E-state index in [9.17, 15) is 9.18 Å². The van der Waals surface area contributed by atoms with Crippen molar-refractivity contribution in [3.63, 3.8) is 0 Å². The van der Waals surface area contributed by atoms with E-state index >= 15 is 0 Å². The molecular formula is C23H22ClFN4O. The molecule has 5 nitrogen and oxygen atoms in total. The van der Waals surface area contributed by atoms with E-state index in [4.69, 9.17) is 11.6 Å². The van der Waals surface area contributed by atoms with E-state index in [2.05, 4.69) is 16.5 Å². The van der Waals surface area contributed by atoms with E-state index in [1.807, 2.05) is 47.1 Å². The first-order valence-electron chi connectivity index (χ1n) is 10.1. The highest BCUT2D eigenvalue weighted by molar-refractivity contribution is 6.30. The fraction of sp³-hybridized carbons (Fsp3) is 0.304. The Labute approximate surface area is 179 Å². The maximum Gasteiger partial charge on any atom is 0.266 e. The molecule has 1 atom stereocenters. The topological polar surface area (TPSA) is 50.2 Å². The second-order valence-electron chi connectivity index (χ2n) is 7.94. The maximum absolute atomic E-state index is 15.0. The third-order valence-corrected chi connectivity index (χ3v) is 6.22. The zero-order valence-corrected chi connectivity index (χ0v) is 17.2. The number of benzene rings is 2. The summed E-state index contributed by atoms with van der Waals surface area (Å²) in [6.07, 6.45) is 2.75. The quantitative estimate of drug-likeness (QED) is 0.692. The van der Waals surface area contributed by atoms with Crippen LogP contribution in [0.2, 0.25) is 5.02 Å². The minimum atomic E-state index is -1.79. The number of hydrogen-bond acceptors (Lipinski definition) is 3. The molecule has 30 heavy (non-hydrogen) atoms. The van der Waals surface area contributed by atoms with Gasteiger partial charge in [-0.05, 0) is 54.4 Å². The number of halogens is 2. The molecule has 1 aromatic heterocycles. The van der Waals surface area contributed by atoms with Crippen LogP contribution in [0.4, 0.5) is 10.1 Å². The largest absolute Gasteiger partial charge is 0.313 e. The molecule has 3 heterocycles. The van der Waals surface area contributed by atoms with E-state index in [0.29, 0.717) is 24.7 Å². The molecule has 1 saturated heterocycles. The molecular weight excluding hydrogens is 403 g/mol. The minimum absolute atomic E-state index is 0.0969. The number of rotatable bonds is 4. The van der Waals surface area contributed by atoms with Crippen molar-refractivity contribution in [3.05, 3.63) is 70.9 Å². The number of nitrogens with one attached hydrogen (secondary N) is 1. The summed E-state index contributed by atoms with van der Waals surface area (Å²) < 4.78 is 16.9. The third-order valence-electron chi connectivity index (χ3n) is 5.96. The Bertz CT molecular complexity index is 1090. The first kappa shape index (κ1) is 19.3. The van der Waals surface area contributed by atoms with Crippen molar-refractivity contribution in [3.8, 4) is 11.3 Å². The third kappa shape index (κ3) is 3.40. The lowest BCUT2D eigenvalue weighted by molar-refractivity contribution is -0.128. The summed E-state index contributed by atoms with van der Waals surface area (Å²) in [5.41, 5.74) is 3.23. The monoisotopic (exact) mass is 424 g/mol. The van der Waals surface area contributed by atoms with Crippen LogP contribution >= 0.6 is 11.6 Å². The van der Waals surface area contributed by atoms with Crippen LogP contribution in [0.3, 0.4) is 0 Å². The highest BCUT2D eigenvalue weighted by Crippen LogP contribution is 2.35. The predicted molar refractivity (Wildman–Crippen MR) is 116 cm³/mol. The Kier molecular flexibility index (Phi) is 4.83. The molecule has 7 heteroatoms. The Morgan fingerprint density at radius 2 is 2.03 bits per heavy atom. The average molecular weight is 425 g/mol. The fourth-order valence-electron chi connectivity index (χ4n) is 4.32. The summed E-state index contributed by atoms with van der Waals surface area (Å²) in [4.78, 5) is 14.4. The molecule has 2 aliphatic heterocycles. The van der Waals surface area contributed by atoms with E-state index in [1.165, 1.54) is 0 Å². The molecule has 2 aromatic carbocycles. The normalized spacial score (nSPS) is 20.5. The molecule has 2 aliphatic rings. The van der Waals surface area contributed by atoms with Crippen molar-refractivity contribution >= 4 is 23.2 Å². The number of hydrogen-bond donors (Lipinski definition) is 1. The molecule has 0 bridgehead atoms. The Morgan fingerprint density at radius 1 is 1.20 bits per heavy atom. The summed E-state index contributed by atoms with van der Waals surface area (Å²) >= 11 is 5.98. The van der Waals surface area contributed by atoms with Crippen LogP contribution in [0.25, 0.3) is 11.3 Å². The van der Waals surface area contributed by atoms with Crippen LogP contribution in [0.15, 0.2) is 54.7 Å². The van der Waals surface area contributed by atoms with Gasteiger partial charge in [0.05, 0.1) is 12.2 Å². The lowest BCUT2D eigenvalue weighted by atomic mass is 10.0. The van der Waals surface area contributed by atoms with Gasteiger partial charge in [0.15, 0.2) is 0 Å². The van der Waals surface area contributed by atoms with E-state index in [0.717, 1.165) is 34.5 Å². The van der Waals surface area contributed by atoms with Crippen molar-refractivity contribution in [2.45, 2.75) is 25.1 Å². The van der Waals surface area contributed by atoms with Crippen molar-refractivity contribution in [1.29, 1.82) is 0 Å². The lowest BCUT2D eigenvalue weighted by Gasteiger charge is -2.25. The van der Waals surface area contributed by atoms with Gasteiger partial charge in [-0.25, -0.2) is 4.39 Å². The number of fused-ring (bicyclic) bond motifs is 1. The van der Waals surface area contributed by atoms with Gasteiger partial charge in [0.1, 0.15) is 0 Å². The summed E-state index contributed by atoms with van der Waals surface area (Å²) in [5.74, 6) is -0.424. The molecule has 0 spiro atoms. The Hall–Kier alpha value is -2.70. The van der Waals surface area contributed by atoms with Crippen LogP contribution in [0.1, 0.15) is 17.5 Å². The fourth-order valence-corrected chi connectivity index (χ4v) is 4.45. The van der Waals surface area contributed by atoms with Gasteiger partial charge in [0, 0.05) is 42.0 Å². The molecule has 1 N–H and O–H groups in total. The van der Waals surface area contributed by atoms with Gasteiger partial charge < -0.3 is 10.2 Å². The number of nitrogens with zero attached hydrogens (tertiary/aromatic N) is 3. The minimum Gasteiger partial charge on any atom is -0.313 e. The van der Waals surface area contributed by atoms with Gasteiger partial charge in [-0.2, -0.15) is 5.10 Å². The van der Waals surface area contributed by atoms with E-state index < -0.39 is 11.6 Å². The number of alkyl halides is 1. The predicted octanol–water partition coefficient (Wildman–Crippen LogP) is 3.84.